The quantitative estimate of drug-likeness (QED) is 0.818. The molecule has 0 radical (unpaired) electrons. The summed E-state index contributed by atoms with van der Waals surface area (Å²) < 4.78 is 10.5. The molecule has 0 spiro atoms. The van der Waals surface area contributed by atoms with Crippen molar-refractivity contribution in [2.24, 2.45) is 5.92 Å². The molecule has 1 amide bonds. The maximum atomic E-state index is 12.3. The third-order valence-electron chi connectivity index (χ3n) is 4.59. The average Bonchev–Trinajstić information content (AvgIpc) is 2.83. The van der Waals surface area contributed by atoms with Gasteiger partial charge in [0.1, 0.15) is 6.10 Å². The van der Waals surface area contributed by atoms with E-state index < -0.39 is 0 Å². The Balaban J connectivity index is 1.51. The predicted octanol–water partition coefficient (Wildman–Crippen LogP) is 0.0307. The van der Waals surface area contributed by atoms with Crippen LogP contribution in [-0.2, 0) is 16.1 Å². The van der Waals surface area contributed by atoms with Gasteiger partial charge in [-0.1, -0.05) is 5.16 Å². The predicted molar refractivity (Wildman–Crippen MR) is 82.6 cm³/mol. The van der Waals surface area contributed by atoms with E-state index in [9.17, 15) is 4.79 Å². The van der Waals surface area contributed by atoms with Gasteiger partial charge >= 0.3 is 0 Å². The van der Waals surface area contributed by atoms with Gasteiger partial charge in [-0.05, 0) is 13.3 Å². The molecule has 0 saturated carbocycles. The van der Waals surface area contributed by atoms with Crippen LogP contribution < -0.4 is 5.32 Å². The van der Waals surface area contributed by atoms with Gasteiger partial charge in [-0.2, -0.15) is 4.98 Å². The SMILES string of the molecule is COC(C)c1noc(CN2CCCN(C(=O)C3CNC3)CC2)n1. The zero-order valence-electron chi connectivity index (χ0n) is 13.8. The lowest BCUT2D eigenvalue weighted by molar-refractivity contribution is -0.136. The van der Waals surface area contributed by atoms with Crippen molar-refractivity contribution in [3.8, 4) is 0 Å². The van der Waals surface area contributed by atoms with E-state index in [0.29, 0.717) is 24.2 Å². The smallest absolute Gasteiger partial charge is 0.240 e. The molecular weight excluding hydrogens is 298 g/mol. The Hall–Kier alpha value is -1.51. The van der Waals surface area contributed by atoms with Crippen LogP contribution >= 0.6 is 0 Å². The summed E-state index contributed by atoms with van der Waals surface area (Å²) >= 11 is 0. The lowest BCUT2D eigenvalue weighted by Gasteiger charge is -2.31. The summed E-state index contributed by atoms with van der Waals surface area (Å²) in [5, 5.41) is 7.11. The lowest BCUT2D eigenvalue weighted by atomic mass is 10.0. The molecule has 2 aliphatic heterocycles. The third kappa shape index (κ3) is 3.88. The van der Waals surface area contributed by atoms with Gasteiger partial charge in [0.15, 0.2) is 5.82 Å². The standard InChI is InChI=1S/C15H25N5O3/c1-11(22-2)14-17-13(23-18-14)10-19-4-3-5-20(7-6-19)15(21)12-8-16-9-12/h11-12,16H,3-10H2,1-2H3. The number of carbonyl (C=O) groups excluding carboxylic acids is 1. The summed E-state index contributed by atoms with van der Waals surface area (Å²) in [6, 6.07) is 0. The Morgan fingerprint density at radius 2 is 2.22 bits per heavy atom. The van der Waals surface area contributed by atoms with E-state index in [-0.39, 0.29) is 12.0 Å². The Morgan fingerprint density at radius 1 is 1.39 bits per heavy atom. The molecule has 8 heteroatoms. The van der Waals surface area contributed by atoms with Crippen LogP contribution in [0.15, 0.2) is 4.52 Å². The second-order valence-electron chi connectivity index (χ2n) is 6.23. The van der Waals surface area contributed by atoms with Crippen LogP contribution in [0.25, 0.3) is 0 Å². The first-order chi connectivity index (χ1) is 11.2. The number of amides is 1. The van der Waals surface area contributed by atoms with Gasteiger partial charge in [0.25, 0.3) is 0 Å². The molecule has 1 aromatic heterocycles. The monoisotopic (exact) mass is 323 g/mol. The highest BCUT2D eigenvalue weighted by atomic mass is 16.5. The van der Waals surface area contributed by atoms with Gasteiger partial charge in [0.2, 0.25) is 11.8 Å². The Kier molecular flexibility index (Phi) is 5.24. The van der Waals surface area contributed by atoms with Crippen molar-refractivity contribution < 1.29 is 14.1 Å². The molecule has 1 unspecified atom stereocenters. The fraction of sp³-hybridized carbons (Fsp3) is 0.800. The van der Waals surface area contributed by atoms with Crippen LogP contribution in [0.1, 0.15) is 31.2 Å². The molecule has 3 heterocycles. The number of hydrogen-bond donors (Lipinski definition) is 1. The molecule has 8 nitrogen and oxygen atoms in total. The molecule has 1 N–H and O–H groups in total. The van der Waals surface area contributed by atoms with Gasteiger partial charge in [0, 0.05) is 46.4 Å². The average molecular weight is 323 g/mol. The molecule has 2 fully saturated rings. The van der Waals surface area contributed by atoms with Gasteiger partial charge in [-0.15, -0.1) is 0 Å². The van der Waals surface area contributed by atoms with Crippen molar-refractivity contribution in [2.75, 3.05) is 46.4 Å². The second-order valence-corrected chi connectivity index (χ2v) is 6.23. The van der Waals surface area contributed by atoms with E-state index >= 15 is 0 Å². The van der Waals surface area contributed by atoms with Crippen molar-refractivity contribution >= 4 is 5.91 Å². The fourth-order valence-corrected chi connectivity index (χ4v) is 2.86. The molecule has 0 bridgehead atoms. The number of nitrogens with one attached hydrogen (secondary N) is 1. The van der Waals surface area contributed by atoms with Crippen LogP contribution in [0.4, 0.5) is 0 Å². The summed E-state index contributed by atoms with van der Waals surface area (Å²) in [4.78, 5) is 21.0. The molecule has 0 aliphatic carbocycles. The second kappa shape index (κ2) is 7.37. The Morgan fingerprint density at radius 3 is 2.91 bits per heavy atom. The van der Waals surface area contributed by atoms with Crippen LogP contribution in [-0.4, -0.2) is 72.2 Å². The normalized spacial score (nSPS) is 21.7. The molecule has 3 rings (SSSR count). The zero-order valence-corrected chi connectivity index (χ0v) is 13.8. The molecule has 1 atom stereocenters. The topological polar surface area (TPSA) is 83.7 Å². The first-order valence-electron chi connectivity index (χ1n) is 8.24. The van der Waals surface area contributed by atoms with Gasteiger partial charge < -0.3 is 19.5 Å². The molecule has 128 valence electrons. The van der Waals surface area contributed by atoms with Crippen molar-refractivity contribution in [2.45, 2.75) is 26.0 Å². The number of ether oxygens (including phenoxy) is 1. The maximum absolute atomic E-state index is 12.3. The van der Waals surface area contributed by atoms with Gasteiger partial charge in [-0.3, -0.25) is 9.69 Å². The molecule has 1 aromatic rings. The highest BCUT2D eigenvalue weighted by molar-refractivity contribution is 5.80. The summed E-state index contributed by atoms with van der Waals surface area (Å²) in [7, 11) is 1.62. The number of hydrogen-bond acceptors (Lipinski definition) is 7. The van der Waals surface area contributed by atoms with Crippen molar-refractivity contribution in [3.05, 3.63) is 11.7 Å². The van der Waals surface area contributed by atoms with Gasteiger partial charge in [-0.25, -0.2) is 0 Å². The Labute approximate surface area is 136 Å². The number of aromatic nitrogens is 2. The first-order valence-corrected chi connectivity index (χ1v) is 8.24. The largest absolute Gasteiger partial charge is 0.374 e. The minimum atomic E-state index is -0.166. The molecule has 2 saturated heterocycles. The minimum absolute atomic E-state index is 0.166. The minimum Gasteiger partial charge on any atom is -0.374 e. The van der Waals surface area contributed by atoms with Crippen LogP contribution in [0, 0.1) is 5.92 Å². The van der Waals surface area contributed by atoms with E-state index in [4.69, 9.17) is 9.26 Å². The van der Waals surface area contributed by atoms with E-state index in [2.05, 4.69) is 20.4 Å². The number of methoxy groups -OCH3 is 1. The molecule has 0 aromatic carbocycles. The van der Waals surface area contributed by atoms with Crippen LogP contribution in [0.3, 0.4) is 0 Å². The molecule has 23 heavy (non-hydrogen) atoms. The first kappa shape index (κ1) is 16.4. The summed E-state index contributed by atoms with van der Waals surface area (Å²) in [6.45, 7) is 7.53. The van der Waals surface area contributed by atoms with Gasteiger partial charge in [0.05, 0.1) is 12.5 Å². The molecule has 2 aliphatic rings. The molecular formula is C15H25N5O3. The summed E-state index contributed by atoms with van der Waals surface area (Å²) in [6.07, 6.45) is 0.808. The van der Waals surface area contributed by atoms with Crippen molar-refractivity contribution in [1.82, 2.24) is 25.3 Å². The summed E-state index contributed by atoms with van der Waals surface area (Å²) in [5.41, 5.74) is 0. The lowest BCUT2D eigenvalue weighted by Crippen LogP contribution is -2.52. The van der Waals surface area contributed by atoms with E-state index in [1.165, 1.54) is 0 Å². The summed E-state index contributed by atoms with van der Waals surface area (Å²) in [5.74, 6) is 1.65. The van der Waals surface area contributed by atoms with Crippen molar-refractivity contribution in [1.29, 1.82) is 0 Å². The highest BCUT2D eigenvalue weighted by Crippen LogP contribution is 2.15. The maximum Gasteiger partial charge on any atom is 0.240 e. The van der Waals surface area contributed by atoms with E-state index in [1.807, 2.05) is 11.8 Å². The third-order valence-corrected chi connectivity index (χ3v) is 4.59. The Bertz CT molecular complexity index is 531. The van der Waals surface area contributed by atoms with E-state index in [1.54, 1.807) is 7.11 Å². The van der Waals surface area contributed by atoms with Crippen LogP contribution in [0.2, 0.25) is 0 Å². The highest BCUT2D eigenvalue weighted by Gasteiger charge is 2.30. The van der Waals surface area contributed by atoms with Crippen molar-refractivity contribution in [3.63, 3.8) is 0 Å². The number of nitrogens with zero attached hydrogens (tertiary/aromatic N) is 4. The fourth-order valence-electron chi connectivity index (χ4n) is 2.86. The number of rotatable bonds is 5. The van der Waals surface area contributed by atoms with Crippen LogP contribution in [0.5, 0.6) is 0 Å². The van der Waals surface area contributed by atoms with E-state index in [0.717, 1.165) is 45.7 Å². The number of carbonyl (C=O) groups is 1. The zero-order chi connectivity index (χ0) is 16.2.